The number of hydrogen-bond donors (Lipinski definition) is 2. The van der Waals surface area contributed by atoms with Gasteiger partial charge in [-0.3, -0.25) is 14.5 Å². The molecule has 0 aliphatic carbocycles. The monoisotopic (exact) mass is 495 g/mol. The summed E-state index contributed by atoms with van der Waals surface area (Å²) in [6, 6.07) is 12.7. The molecule has 3 rings (SSSR count). The number of nitrogens with one attached hydrogen (secondary N) is 1. The van der Waals surface area contributed by atoms with Gasteiger partial charge in [-0.15, -0.1) is 11.3 Å². The molecule has 34 heavy (non-hydrogen) atoms. The van der Waals surface area contributed by atoms with Gasteiger partial charge in [-0.2, -0.15) is 5.26 Å². The maximum absolute atomic E-state index is 12.5. The topological polar surface area (TPSA) is 146 Å². The Balaban J connectivity index is 1.83. The van der Waals surface area contributed by atoms with Gasteiger partial charge in [0.1, 0.15) is 11.6 Å². The van der Waals surface area contributed by atoms with Crippen LogP contribution in [0.3, 0.4) is 0 Å². The molecule has 0 spiro atoms. The summed E-state index contributed by atoms with van der Waals surface area (Å²) in [4.78, 5) is 30.7. The minimum absolute atomic E-state index is 0.102. The molecule has 1 aromatic heterocycles. The SMILES string of the molecule is CC(=O)N(c1ccc(C)c(C)c1)c1nc(/C=C(\C#N)C(=O)Nc2ccc(S(N)(=O)=O)cc2)cs1. The van der Waals surface area contributed by atoms with E-state index in [-0.39, 0.29) is 22.1 Å². The maximum atomic E-state index is 12.5. The highest BCUT2D eigenvalue weighted by Gasteiger charge is 2.19. The Bertz CT molecular complexity index is 1430. The van der Waals surface area contributed by atoms with Gasteiger partial charge in [0.2, 0.25) is 15.9 Å². The van der Waals surface area contributed by atoms with E-state index in [9.17, 15) is 23.3 Å². The van der Waals surface area contributed by atoms with Crippen molar-refractivity contribution >= 4 is 55.8 Å². The predicted molar refractivity (Wildman–Crippen MR) is 131 cm³/mol. The van der Waals surface area contributed by atoms with Gasteiger partial charge in [-0.05, 0) is 67.4 Å². The number of carbonyl (C=O) groups is 2. The van der Waals surface area contributed by atoms with Crippen LogP contribution in [0, 0.1) is 25.2 Å². The predicted octanol–water partition coefficient (Wildman–Crippen LogP) is 3.64. The summed E-state index contributed by atoms with van der Waals surface area (Å²) in [5.74, 6) is -0.924. The number of thiazole rings is 1. The summed E-state index contributed by atoms with van der Waals surface area (Å²) >= 11 is 1.20. The van der Waals surface area contributed by atoms with Crippen LogP contribution in [0.1, 0.15) is 23.7 Å². The van der Waals surface area contributed by atoms with Crippen LogP contribution in [-0.2, 0) is 19.6 Å². The zero-order valence-corrected chi connectivity index (χ0v) is 20.2. The minimum Gasteiger partial charge on any atom is -0.321 e. The van der Waals surface area contributed by atoms with Gasteiger partial charge in [0.15, 0.2) is 5.13 Å². The van der Waals surface area contributed by atoms with E-state index in [2.05, 4.69) is 10.3 Å². The number of carbonyl (C=O) groups excluding carboxylic acids is 2. The molecule has 0 unspecified atom stereocenters. The molecular weight excluding hydrogens is 474 g/mol. The zero-order valence-electron chi connectivity index (χ0n) is 18.6. The molecule has 0 bridgehead atoms. The highest BCUT2D eigenvalue weighted by molar-refractivity contribution is 7.89. The molecule has 0 atom stereocenters. The molecule has 0 saturated carbocycles. The van der Waals surface area contributed by atoms with Crippen molar-refractivity contribution in [1.82, 2.24) is 4.98 Å². The number of hydrogen-bond acceptors (Lipinski definition) is 7. The lowest BCUT2D eigenvalue weighted by molar-refractivity contribution is -0.116. The molecule has 2 aromatic carbocycles. The number of amides is 2. The number of nitrogens with two attached hydrogens (primary N) is 1. The molecule has 0 saturated heterocycles. The van der Waals surface area contributed by atoms with Crippen LogP contribution in [0.4, 0.5) is 16.5 Å². The van der Waals surface area contributed by atoms with E-state index in [1.54, 1.807) is 5.38 Å². The summed E-state index contributed by atoms with van der Waals surface area (Å²) in [6.07, 6.45) is 1.31. The van der Waals surface area contributed by atoms with Crippen LogP contribution < -0.4 is 15.4 Å². The van der Waals surface area contributed by atoms with Crippen LogP contribution in [0.15, 0.2) is 58.3 Å². The van der Waals surface area contributed by atoms with Crippen molar-refractivity contribution in [1.29, 1.82) is 5.26 Å². The first-order valence-electron chi connectivity index (χ1n) is 9.89. The first-order chi connectivity index (χ1) is 16.0. The average molecular weight is 496 g/mol. The zero-order chi connectivity index (χ0) is 25.0. The smallest absolute Gasteiger partial charge is 0.266 e. The molecule has 9 nitrogen and oxygen atoms in total. The fourth-order valence-electron chi connectivity index (χ4n) is 2.96. The molecule has 0 fully saturated rings. The van der Waals surface area contributed by atoms with E-state index < -0.39 is 15.9 Å². The Morgan fingerprint density at radius 1 is 1.15 bits per heavy atom. The van der Waals surface area contributed by atoms with Crippen LogP contribution in [0.5, 0.6) is 0 Å². The van der Waals surface area contributed by atoms with Crippen LogP contribution >= 0.6 is 11.3 Å². The average Bonchev–Trinajstić information content (AvgIpc) is 3.22. The third-order valence-corrected chi connectivity index (χ3v) is 6.64. The summed E-state index contributed by atoms with van der Waals surface area (Å²) < 4.78 is 22.7. The standard InChI is InChI=1S/C23H21N5O4S2/c1-14-4-7-20(10-15(14)2)28(16(3)29)23-27-19(13-33-23)11-17(12-24)22(30)26-18-5-8-21(9-6-18)34(25,31)32/h4-11,13H,1-3H3,(H,26,30)(H2,25,31,32)/b17-11+. The number of nitrogens with zero attached hydrogens (tertiary/aromatic N) is 3. The van der Waals surface area contributed by atoms with E-state index in [4.69, 9.17) is 5.14 Å². The van der Waals surface area contributed by atoms with Gasteiger partial charge in [-0.1, -0.05) is 6.07 Å². The molecule has 3 N–H and O–H groups in total. The number of aryl methyl sites for hydroxylation is 2. The van der Waals surface area contributed by atoms with E-state index >= 15 is 0 Å². The van der Waals surface area contributed by atoms with E-state index in [1.165, 1.54) is 53.5 Å². The second kappa shape index (κ2) is 9.96. The summed E-state index contributed by atoms with van der Waals surface area (Å²) in [7, 11) is -3.86. The molecule has 0 aliphatic rings. The number of anilines is 3. The van der Waals surface area contributed by atoms with E-state index in [0.717, 1.165) is 11.1 Å². The Morgan fingerprint density at radius 3 is 2.38 bits per heavy atom. The first-order valence-corrected chi connectivity index (χ1v) is 12.3. The van der Waals surface area contributed by atoms with Crippen molar-refractivity contribution in [2.45, 2.75) is 25.7 Å². The van der Waals surface area contributed by atoms with Gasteiger partial charge in [0, 0.05) is 18.0 Å². The number of benzene rings is 2. The second-order valence-corrected chi connectivity index (χ2v) is 9.77. The summed E-state index contributed by atoms with van der Waals surface area (Å²) in [5.41, 5.74) is 3.20. The summed E-state index contributed by atoms with van der Waals surface area (Å²) in [6.45, 7) is 5.36. The largest absolute Gasteiger partial charge is 0.321 e. The Morgan fingerprint density at radius 2 is 1.82 bits per heavy atom. The van der Waals surface area contributed by atoms with Crippen molar-refractivity contribution in [2.24, 2.45) is 5.14 Å². The maximum Gasteiger partial charge on any atom is 0.266 e. The Hall–Kier alpha value is -3.85. The highest BCUT2D eigenvalue weighted by atomic mass is 32.2. The highest BCUT2D eigenvalue weighted by Crippen LogP contribution is 2.30. The molecule has 11 heteroatoms. The lowest BCUT2D eigenvalue weighted by Crippen LogP contribution is -2.22. The minimum atomic E-state index is -3.86. The Labute approximate surface area is 201 Å². The quantitative estimate of drug-likeness (QED) is 0.394. The van der Waals surface area contributed by atoms with Crippen molar-refractivity contribution < 1.29 is 18.0 Å². The van der Waals surface area contributed by atoms with E-state index in [0.29, 0.717) is 16.5 Å². The third-order valence-electron chi connectivity index (χ3n) is 4.86. The molecule has 2 amide bonds. The molecule has 174 valence electrons. The Kier molecular flexibility index (Phi) is 7.26. The van der Waals surface area contributed by atoms with Crippen LogP contribution in [-0.4, -0.2) is 25.2 Å². The van der Waals surface area contributed by atoms with Gasteiger partial charge < -0.3 is 5.32 Å². The summed E-state index contributed by atoms with van der Waals surface area (Å²) in [5, 5.41) is 19.1. The molecule has 0 aliphatic heterocycles. The van der Waals surface area contributed by atoms with Crippen molar-refractivity contribution in [3.05, 3.63) is 70.2 Å². The van der Waals surface area contributed by atoms with Crippen LogP contribution in [0.2, 0.25) is 0 Å². The van der Waals surface area contributed by atoms with Gasteiger partial charge in [0.25, 0.3) is 5.91 Å². The lowest BCUT2D eigenvalue weighted by atomic mass is 10.1. The van der Waals surface area contributed by atoms with Crippen molar-refractivity contribution in [3.8, 4) is 6.07 Å². The number of rotatable bonds is 6. The van der Waals surface area contributed by atoms with Crippen LogP contribution in [0.25, 0.3) is 6.08 Å². The van der Waals surface area contributed by atoms with E-state index in [1.807, 2.05) is 38.1 Å². The van der Waals surface area contributed by atoms with Gasteiger partial charge in [0.05, 0.1) is 16.3 Å². The second-order valence-electron chi connectivity index (χ2n) is 7.37. The molecular formula is C23H21N5O4S2. The number of primary sulfonamides is 1. The van der Waals surface area contributed by atoms with Crippen molar-refractivity contribution in [3.63, 3.8) is 0 Å². The van der Waals surface area contributed by atoms with Gasteiger partial charge >= 0.3 is 0 Å². The fraction of sp³-hybridized carbons (Fsp3) is 0.130. The normalized spacial score (nSPS) is 11.6. The number of nitriles is 1. The number of sulfonamides is 1. The molecule has 3 aromatic rings. The van der Waals surface area contributed by atoms with Crippen molar-refractivity contribution in [2.75, 3.05) is 10.2 Å². The van der Waals surface area contributed by atoms with Gasteiger partial charge in [-0.25, -0.2) is 18.5 Å². The number of aromatic nitrogens is 1. The fourth-order valence-corrected chi connectivity index (χ4v) is 4.32. The third kappa shape index (κ3) is 5.74. The molecule has 1 heterocycles. The lowest BCUT2D eigenvalue weighted by Gasteiger charge is -2.19. The first kappa shape index (κ1) is 24.8. The molecule has 0 radical (unpaired) electrons.